The summed E-state index contributed by atoms with van der Waals surface area (Å²) >= 11 is 0. The van der Waals surface area contributed by atoms with Gasteiger partial charge in [0.1, 0.15) is 6.61 Å². The minimum atomic E-state index is -4.11. The number of rotatable bonds is 10. The van der Waals surface area contributed by atoms with Crippen LogP contribution >= 0.6 is 0 Å². The number of hydrogen-bond donors (Lipinski definition) is 1. The number of esters is 1. The Morgan fingerprint density at radius 3 is 1.92 bits per heavy atom. The average molecular weight is 547 g/mol. The van der Waals surface area contributed by atoms with Crippen LogP contribution in [0.2, 0.25) is 0 Å². The maximum atomic E-state index is 12.8. The quantitative estimate of drug-likeness (QED) is 0.294. The van der Waals surface area contributed by atoms with Crippen LogP contribution in [0.4, 0.5) is 0 Å². The molecule has 0 amide bonds. The summed E-state index contributed by atoms with van der Waals surface area (Å²) in [6.07, 6.45) is 2.08. The lowest BCUT2D eigenvalue weighted by Gasteiger charge is -2.39. The molecule has 0 saturated heterocycles. The van der Waals surface area contributed by atoms with Crippen LogP contribution in [-0.2, 0) is 20.4 Å². The van der Waals surface area contributed by atoms with Gasteiger partial charge in [-0.15, -0.1) is 0 Å². The molecule has 38 heavy (non-hydrogen) atoms. The van der Waals surface area contributed by atoms with Crippen molar-refractivity contribution in [1.82, 2.24) is 9.88 Å². The summed E-state index contributed by atoms with van der Waals surface area (Å²) < 4.78 is 50.7. The Morgan fingerprint density at radius 2 is 1.53 bits per heavy atom. The van der Waals surface area contributed by atoms with Crippen LogP contribution < -0.4 is 14.2 Å². The van der Waals surface area contributed by atoms with Gasteiger partial charge in [0.2, 0.25) is 5.75 Å². The third kappa shape index (κ3) is 7.44. The molecule has 11 heteroatoms. The lowest BCUT2D eigenvalue weighted by atomic mass is 9.87. The first-order valence-electron chi connectivity index (χ1n) is 11.6. The molecule has 0 aliphatic rings. The Labute approximate surface area is 223 Å². The van der Waals surface area contributed by atoms with Crippen molar-refractivity contribution in [3.63, 3.8) is 0 Å². The molecule has 0 fully saturated rings. The van der Waals surface area contributed by atoms with E-state index >= 15 is 0 Å². The molecule has 1 unspecified atom stereocenters. The highest BCUT2D eigenvalue weighted by Gasteiger charge is 2.34. The third-order valence-corrected chi connectivity index (χ3v) is 6.77. The number of carbonyl (C=O) groups is 1. The number of hydrogen-bond acceptors (Lipinski definition) is 9. The smallest absolute Gasteiger partial charge is 0.338 e. The standard InChI is InChI=1S/C22H29NO5.C5H5NO3S/c1-7-22(23(2)3,17-11-9-8-10-12-17)15-28-21(24)16-13-18(25-4)20(27-6)19(14-16)26-5;7-10(8,9)5-3-1-2-4-6-5/h8-14H,7,15H2,1-6H3;1-4H,(H,7,8,9). The van der Waals surface area contributed by atoms with Crippen molar-refractivity contribution in [2.75, 3.05) is 42.0 Å². The maximum Gasteiger partial charge on any atom is 0.338 e. The summed E-state index contributed by atoms with van der Waals surface area (Å²) in [5, 5.41) is -0.324. The van der Waals surface area contributed by atoms with E-state index in [1.807, 2.05) is 32.3 Å². The summed E-state index contributed by atoms with van der Waals surface area (Å²) in [5.74, 6) is 0.800. The van der Waals surface area contributed by atoms with Gasteiger partial charge in [0.05, 0.1) is 32.4 Å². The molecule has 0 bridgehead atoms. The zero-order chi connectivity index (χ0) is 28.3. The van der Waals surface area contributed by atoms with Gasteiger partial charge in [-0.2, -0.15) is 8.42 Å². The molecule has 0 aliphatic carbocycles. The van der Waals surface area contributed by atoms with Gasteiger partial charge in [-0.25, -0.2) is 9.78 Å². The fraction of sp³-hybridized carbons (Fsp3) is 0.333. The van der Waals surface area contributed by atoms with Crippen molar-refractivity contribution in [2.45, 2.75) is 23.9 Å². The van der Waals surface area contributed by atoms with Crippen LogP contribution in [0.5, 0.6) is 17.2 Å². The molecule has 1 atom stereocenters. The highest BCUT2D eigenvalue weighted by molar-refractivity contribution is 7.85. The second kappa shape index (κ2) is 13.8. The van der Waals surface area contributed by atoms with Gasteiger partial charge in [-0.05, 0) is 50.3 Å². The molecule has 0 radical (unpaired) electrons. The topological polar surface area (TPSA) is 124 Å². The Morgan fingerprint density at radius 1 is 0.947 bits per heavy atom. The Balaban J connectivity index is 0.000000423. The number of likely N-dealkylation sites (N-methyl/N-ethyl adjacent to an activating group) is 1. The minimum Gasteiger partial charge on any atom is -0.493 e. The molecule has 0 saturated carbocycles. The molecule has 0 aliphatic heterocycles. The van der Waals surface area contributed by atoms with Crippen LogP contribution in [0.25, 0.3) is 0 Å². The third-order valence-electron chi connectivity index (χ3n) is 6.00. The number of benzene rings is 2. The van der Waals surface area contributed by atoms with Crippen molar-refractivity contribution >= 4 is 16.1 Å². The molecule has 2 aromatic carbocycles. The first kappa shape index (κ1) is 30.6. The first-order valence-corrected chi connectivity index (χ1v) is 13.1. The van der Waals surface area contributed by atoms with E-state index in [2.05, 4.69) is 28.9 Å². The fourth-order valence-corrected chi connectivity index (χ4v) is 4.25. The molecule has 3 aromatic rings. The van der Waals surface area contributed by atoms with Crippen molar-refractivity contribution < 1.29 is 36.7 Å². The molecular weight excluding hydrogens is 512 g/mol. The number of aromatic nitrogens is 1. The highest BCUT2D eigenvalue weighted by Crippen LogP contribution is 2.38. The number of nitrogens with zero attached hydrogens (tertiary/aromatic N) is 2. The van der Waals surface area contributed by atoms with Gasteiger partial charge >= 0.3 is 16.1 Å². The molecule has 206 valence electrons. The average Bonchev–Trinajstić information content (AvgIpc) is 2.93. The largest absolute Gasteiger partial charge is 0.493 e. The van der Waals surface area contributed by atoms with E-state index in [9.17, 15) is 13.2 Å². The Kier molecular flexibility index (Phi) is 11.1. The normalized spacial score (nSPS) is 12.5. The summed E-state index contributed by atoms with van der Waals surface area (Å²) in [6, 6.07) is 17.5. The van der Waals surface area contributed by atoms with Crippen LogP contribution in [0.1, 0.15) is 29.3 Å². The van der Waals surface area contributed by atoms with Gasteiger partial charge in [0.15, 0.2) is 16.5 Å². The van der Waals surface area contributed by atoms with E-state index in [1.54, 1.807) is 18.2 Å². The van der Waals surface area contributed by atoms with Crippen LogP contribution in [0.3, 0.4) is 0 Å². The number of methoxy groups -OCH3 is 3. The second-order valence-corrected chi connectivity index (χ2v) is 9.65. The Bertz CT molecular complexity index is 1260. The van der Waals surface area contributed by atoms with E-state index < -0.39 is 21.6 Å². The monoisotopic (exact) mass is 546 g/mol. The lowest BCUT2D eigenvalue weighted by Crippen LogP contribution is -2.45. The molecule has 10 nitrogen and oxygen atoms in total. The minimum absolute atomic E-state index is 0.218. The van der Waals surface area contributed by atoms with E-state index in [4.69, 9.17) is 23.5 Å². The highest BCUT2D eigenvalue weighted by atomic mass is 32.2. The molecule has 1 heterocycles. The molecule has 0 spiro atoms. The predicted octanol–water partition coefficient (Wildman–Crippen LogP) is 4.06. The zero-order valence-corrected chi connectivity index (χ0v) is 23.2. The van der Waals surface area contributed by atoms with Gasteiger partial charge in [0, 0.05) is 6.20 Å². The van der Waals surface area contributed by atoms with Crippen molar-refractivity contribution in [3.05, 3.63) is 78.0 Å². The van der Waals surface area contributed by atoms with E-state index in [0.717, 1.165) is 12.0 Å². The van der Waals surface area contributed by atoms with Crippen LogP contribution in [0.15, 0.2) is 71.9 Å². The molecule has 1 aromatic heterocycles. The summed E-state index contributed by atoms with van der Waals surface area (Å²) in [7, 11) is 4.40. The van der Waals surface area contributed by atoms with E-state index in [1.165, 1.54) is 39.7 Å². The fourth-order valence-electron chi connectivity index (χ4n) is 3.81. The number of carbonyl (C=O) groups excluding carboxylic acids is 1. The predicted molar refractivity (Wildman–Crippen MR) is 143 cm³/mol. The van der Waals surface area contributed by atoms with E-state index in [0.29, 0.717) is 22.8 Å². The number of ether oxygens (including phenoxy) is 4. The van der Waals surface area contributed by atoms with Gasteiger partial charge in [0.25, 0.3) is 0 Å². The lowest BCUT2D eigenvalue weighted by molar-refractivity contribution is 0.0119. The van der Waals surface area contributed by atoms with Gasteiger partial charge in [-0.3, -0.25) is 9.45 Å². The maximum absolute atomic E-state index is 12.8. The van der Waals surface area contributed by atoms with E-state index in [-0.39, 0.29) is 11.6 Å². The zero-order valence-electron chi connectivity index (χ0n) is 22.4. The molecule has 1 N–H and O–H groups in total. The SMILES string of the molecule is CCC(COC(=O)c1cc(OC)c(OC)c(OC)c1)(c1ccccc1)N(C)C.O=S(=O)(O)c1ccccn1. The summed E-state index contributed by atoms with van der Waals surface area (Å²) in [4.78, 5) is 18.3. The van der Waals surface area contributed by atoms with Crippen molar-refractivity contribution in [3.8, 4) is 17.2 Å². The Hall–Kier alpha value is -3.67. The van der Waals surface area contributed by atoms with Crippen LogP contribution in [-0.4, -0.2) is 70.9 Å². The molecule has 3 rings (SSSR count). The summed E-state index contributed by atoms with van der Waals surface area (Å²) in [5.41, 5.74) is 1.02. The first-order chi connectivity index (χ1) is 18.0. The van der Waals surface area contributed by atoms with Gasteiger partial charge < -0.3 is 18.9 Å². The second-order valence-electron chi connectivity index (χ2n) is 8.28. The van der Waals surface area contributed by atoms with Crippen molar-refractivity contribution in [2.24, 2.45) is 0 Å². The van der Waals surface area contributed by atoms with Crippen LogP contribution in [0, 0.1) is 0 Å². The number of pyridine rings is 1. The molecular formula is C27H34N2O8S. The van der Waals surface area contributed by atoms with Crippen molar-refractivity contribution in [1.29, 1.82) is 0 Å². The van der Waals surface area contributed by atoms with Gasteiger partial charge in [-0.1, -0.05) is 43.3 Å². The summed E-state index contributed by atoms with van der Waals surface area (Å²) in [6.45, 7) is 2.30.